The molecule has 0 aliphatic heterocycles. The van der Waals surface area contributed by atoms with Gasteiger partial charge >= 0.3 is 0 Å². The molecule has 0 aromatic heterocycles. The third-order valence-corrected chi connectivity index (χ3v) is 3.08. The van der Waals surface area contributed by atoms with Gasteiger partial charge in [0, 0.05) is 13.2 Å². The van der Waals surface area contributed by atoms with Crippen LogP contribution in [0.25, 0.3) is 0 Å². The van der Waals surface area contributed by atoms with Crippen molar-refractivity contribution < 1.29 is 4.74 Å². The van der Waals surface area contributed by atoms with Crippen LogP contribution >= 0.6 is 0 Å². The normalized spacial score (nSPS) is 12.9. The van der Waals surface area contributed by atoms with E-state index >= 15 is 0 Å². The van der Waals surface area contributed by atoms with Crippen LogP contribution < -0.4 is 0 Å². The average Bonchev–Trinajstić information content (AvgIpc) is 2.27. The molecule has 0 fully saturated rings. The molecule has 0 aromatic carbocycles. The first-order chi connectivity index (χ1) is 7.81. The summed E-state index contributed by atoms with van der Waals surface area (Å²) in [5, 5.41) is 0. The molecule has 0 saturated heterocycles. The molecule has 0 heterocycles. The van der Waals surface area contributed by atoms with Gasteiger partial charge in [-0.25, -0.2) is 0 Å². The van der Waals surface area contributed by atoms with Crippen LogP contribution in [0.5, 0.6) is 0 Å². The van der Waals surface area contributed by atoms with Crippen molar-refractivity contribution in [1.29, 1.82) is 0 Å². The van der Waals surface area contributed by atoms with Crippen LogP contribution in [0.1, 0.15) is 78.6 Å². The number of ether oxygens (including phenoxy) is 1. The molecular formula is C15H32O. The van der Waals surface area contributed by atoms with E-state index in [-0.39, 0.29) is 0 Å². The largest absolute Gasteiger partial charge is 0.381 e. The molecule has 0 radical (unpaired) electrons. The van der Waals surface area contributed by atoms with E-state index in [9.17, 15) is 0 Å². The van der Waals surface area contributed by atoms with Crippen molar-refractivity contribution in [2.24, 2.45) is 5.92 Å². The molecule has 1 heteroatoms. The van der Waals surface area contributed by atoms with Crippen molar-refractivity contribution in [3.05, 3.63) is 0 Å². The molecule has 0 amide bonds. The summed E-state index contributed by atoms with van der Waals surface area (Å²) in [6.07, 6.45) is 12.2. The molecule has 16 heavy (non-hydrogen) atoms. The van der Waals surface area contributed by atoms with Gasteiger partial charge in [-0.1, -0.05) is 65.7 Å². The Balaban J connectivity index is 2.98. The summed E-state index contributed by atoms with van der Waals surface area (Å²) < 4.78 is 5.68. The second kappa shape index (κ2) is 13.0. The van der Waals surface area contributed by atoms with Crippen molar-refractivity contribution in [2.45, 2.75) is 78.6 Å². The lowest BCUT2D eigenvalue weighted by Gasteiger charge is -2.10. The van der Waals surface area contributed by atoms with E-state index in [1.54, 1.807) is 0 Å². The number of rotatable bonds is 12. The van der Waals surface area contributed by atoms with Gasteiger partial charge < -0.3 is 4.74 Å². The van der Waals surface area contributed by atoms with Crippen molar-refractivity contribution in [3.8, 4) is 0 Å². The highest BCUT2D eigenvalue weighted by atomic mass is 16.5. The highest BCUT2D eigenvalue weighted by molar-refractivity contribution is 4.50. The van der Waals surface area contributed by atoms with Crippen LogP contribution in [0.15, 0.2) is 0 Å². The minimum atomic E-state index is 0.745. The Hall–Kier alpha value is -0.0400. The van der Waals surface area contributed by atoms with E-state index in [4.69, 9.17) is 4.74 Å². The van der Waals surface area contributed by atoms with Crippen molar-refractivity contribution in [2.75, 3.05) is 13.2 Å². The monoisotopic (exact) mass is 228 g/mol. The van der Waals surface area contributed by atoms with Crippen LogP contribution in [-0.4, -0.2) is 13.2 Å². The minimum Gasteiger partial charge on any atom is -0.381 e. The summed E-state index contributed by atoms with van der Waals surface area (Å²) in [6, 6.07) is 0. The summed E-state index contributed by atoms with van der Waals surface area (Å²) in [4.78, 5) is 0. The van der Waals surface area contributed by atoms with Gasteiger partial charge in [0.15, 0.2) is 0 Å². The molecular weight excluding hydrogens is 196 g/mol. The van der Waals surface area contributed by atoms with Gasteiger partial charge in [0.25, 0.3) is 0 Å². The third-order valence-electron chi connectivity index (χ3n) is 3.08. The predicted octanol–water partition coefficient (Wildman–Crippen LogP) is 5.19. The Kier molecular flexibility index (Phi) is 13.0. The molecule has 0 aliphatic carbocycles. The van der Waals surface area contributed by atoms with Crippen molar-refractivity contribution >= 4 is 0 Å². The molecule has 0 saturated carbocycles. The maximum atomic E-state index is 5.68. The Morgan fingerprint density at radius 3 is 2.06 bits per heavy atom. The van der Waals surface area contributed by atoms with Crippen LogP contribution in [0, 0.1) is 5.92 Å². The summed E-state index contributed by atoms with van der Waals surface area (Å²) >= 11 is 0. The smallest absolute Gasteiger partial charge is 0.0491 e. The van der Waals surface area contributed by atoms with E-state index in [2.05, 4.69) is 20.8 Å². The fraction of sp³-hybridized carbons (Fsp3) is 1.00. The molecule has 1 atom stereocenters. The average molecular weight is 228 g/mol. The quantitative estimate of drug-likeness (QED) is 0.418. The third kappa shape index (κ3) is 12.0. The topological polar surface area (TPSA) is 9.23 Å². The first kappa shape index (κ1) is 16.0. The van der Waals surface area contributed by atoms with Crippen molar-refractivity contribution in [3.63, 3.8) is 0 Å². The molecule has 0 spiro atoms. The summed E-state index contributed by atoms with van der Waals surface area (Å²) in [7, 11) is 0. The van der Waals surface area contributed by atoms with E-state index in [1.165, 1.54) is 57.8 Å². The number of hydrogen-bond acceptors (Lipinski definition) is 1. The van der Waals surface area contributed by atoms with Gasteiger partial charge in [-0.15, -0.1) is 0 Å². The van der Waals surface area contributed by atoms with Gasteiger partial charge in [0.1, 0.15) is 0 Å². The Morgan fingerprint density at radius 2 is 1.44 bits per heavy atom. The van der Waals surface area contributed by atoms with Gasteiger partial charge in [-0.3, -0.25) is 0 Å². The molecule has 0 aliphatic rings. The van der Waals surface area contributed by atoms with Crippen molar-refractivity contribution in [1.82, 2.24) is 0 Å². The van der Waals surface area contributed by atoms with E-state index in [0.717, 1.165) is 19.1 Å². The molecule has 1 unspecified atom stereocenters. The maximum Gasteiger partial charge on any atom is 0.0491 e. The molecule has 98 valence electrons. The lowest BCUT2D eigenvalue weighted by Crippen LogP contribution is -2.06. The zero-order valence-corrected chi connectivity index (χ0v) is 11.8. The predicted molar refractivity (Wildman–Crippen MR) is 72.9 cm³/mol. The second-order valence-electron chi connectivity index (χ2n) is 5.09. The number of hydrogen-bond donors (Lipinski definition) is 0. The molecule has 0 rings (SSSR count). The SMILES string of the molecule is CCCCCCCCCOCC(C)CCC. The standard InChI is InChI=1S/C15H32O/c1-4-6-7-8-9-10-11-13-16-14-15(3)12-5-2/h15H,4-14H2,1-3H3. The number of unbranched alkanes of at least 4 members (excludes halogenated alkanes) is 6. The highest BCUT2D eigenvalue weighted by Gasteiger charge is 1.99. The Morgan fingerprint density at radius 1 is 0.812 bits per heavy atom. The molecule has 0 aromatic rings. The Bertz CT molecular complexity index is 123. The fourth-order valence-corrected chi connectivity index (χ4v) is 2.02. The van der Waals surface area contributed by atoms with Crippen LogP contribution in [0.4, 0.5) is 0 Å². The summed E-state index contributed by atoms with van der Waals surface area (Å²) in [5.41, 5.74) is 0. The maximum absolute atomic E-state index is 5.68. The molecule has 0 N–H and O–H groups in total. The van der Waals surface area contributed by atoms with E-state index in [0.29, 0.717) is 0 Å². The highest BCUT2D eigenvalue weighted by Crippen LogP contribution is 2.08. The van der Waals surface area contributed by atoms with Crippen LogP contribution in [0.3, 0.4) is 0 Å². The van der Waals surface area contributed by atoms with E-state index < -0.39 is 0 Å². The zero-order chi connectivity index (χ0) is 12.1. The fourth-order valence-electron chi connectivity index (χ4n) is 2.02. The molecule has 1 nitrogen and oxygen atoms in total. The van der Waals surface area contributed by atoms with Gasteiger partial charge in [0.05, 0.1) is 0 Å². The Labute approximate surface area is 103 Å². The van der Waals surface area contributed by atoms with E-state index in [1.807, 2.05) is 0 Å². The summed E-state index contributed by atoms with van der Waals surface area (Å²) in [5.74, 6) is 0.745. The molecule has 0 bridgehead atoms. The van der Waals surface area contributed by atoms with Crippen LogP contribution in [-0.2, 0) is 4.74 Å². The van der Waals surface area contributed by atoms with Crippen LogP contribution in [0.2, 0.25) is 0 Å². The second-order valence-corrected chi connectivity index (χ2v) is 5.09. The summed E-state index contributed by atoms with van der Waals surface area (Å²) in [6.45, 7) is 8.73. The van der Waals surface area contributed by atoms with Gasteiger partial charge in [-0.2, -0.15) is 0 Å². The zero-order valence-electron chi connectivity index (χ0n) is 11.8. The first-order valence-corrected chi connectivity index (χ1v) is 7.39. The van der Waals surface area contributed by atoms with Gasteiger partial charge in [0.2, 0.25) is 0 Å². The lowest BCUT2D eigenvalue weighted by molar-refractivity contribution is 0.0983. The minimum absolute atomic E-state index is 0.745. The van der Waals surface area contributed by atoms with Gasteiger partial charge in [-0.05, 0) is 18.8 Å². The first-order valence-electron chi connectivity index (χ1n) is 7.39. The lowest BCUT2D eigenvalue weighted by atomic mass is 10.1.